The first-order valence-electron chi connectivity index (χ1n) is 4.99. The Labute approximate surface area is 92.7 Å². The Bertz CT molecular complexity index is 503. The van der Waals surface area contributed by atoms with Crippen LogP contribution < -0.4 is 4.98 Å². The minimum atomic E-state index is -0.0640. The van der Waals surface area contributed by atoms with Gasteiger partial charge >= 0.3 is 0 Å². The van der Waals surface area contributed by atoms with Crippen LogP contribution in [0.4, 0.5) is 5.69 Å². The summed E-state index contributed by atoms with van der Waals surface area (Å²) in [6, 6.07) is 1.75. The van der Waals surface area contributed by atoms with Crippen molar-refractivity contribution in [3.63, 3.8) is 0 Å². The summed E-state index contributed by atoms with van der Waals surface area (Å²) in [5.41, 5.74) is 2.51. The molecule has 0 aliphatic heterocycles. The SMILES string of the molecule is C=C1CCC(c2cc[nH+]cc2N=O)=CC1=O. The number of hydrogen-bond acceptors (Lipinski definition) is 3. The summed E-state index contributed by atoms with van der Waals surface area (Å²) >= 11 is 0. The number of ketones is 1. The van der Waals surface area contributed by atoms with Crippen LogP contribution in [-0.4, -0.2) is 5.78 Å². The zero-order chi connectivity index (χ0) is 11.5. The Morgan fingerprint density at radius 3 is 2.88 bits per heavy atom. The van der Waals surface area contributed by atoms with E-state index in [1.807, 2.05) is 0 Å². The highest BCUT2D eigenvalue weighted by molar-refractivity contribution is 6.09. The molecule has 0 aromatic carbocycles. The average molecular weight is 215 g/mol. The zero-order valence-electron chi connectivity index (χ0n) is 8.69. The molecule has 1 aromatic heterocycles. The smallest absolute Gasteiger partial charge is 0.197 e. The maximum atomic E-state index is 11.5. The van der Waals surface area contributed by atoms with Crippen LogP contribution >= 0.6 is 0 Å². The van der Waals surface area contributed by atoms with Crippen LogP contribution in [0.2, 0.25) is 0 Å². The fourth-order valence-electron chi connectivity index (χ4n) is 1.72. The van der Waals surface area contributed by atoms with Crippen LogP contribution in [0.5, 0.6) is 0 Å². The highest BCUT2D eigenvalue weighted by Gasteiger charge is 2.18. The molecule has 0 radical (unpaired) electrons. The molecular weight excluding hydrogens is 204 g/mol. The van der Waals surface area contributed by atoms with E-state index in [1.54, 1.807) is 12.3 Å². The summed E-state index contributed by atoms with van der Waals surface area (Å²) in [7, 11) is 0. The van der Waals surface area contributed by atoms with Crippen LogP contribution in [0.1, 0.15) is 18.4 Å². The van der Waals surface area contributed by atoms with E-state index in [-0.39, 0.29) is 5.78 Å². The van der Waals surface area contributed by atoms with Gasteiger partial charge in [-0.05, 0) is 35.2 Å². The lowest BCUT2D eigenvalue weighted by Crippen LogP contribution is -2.07. The van der Waals surface area contributed by atoms with E-state index in [9.17, 15) is 9.70 Å². The number of H-pyrrole nitrogens is 1. The van der Waals surface area contributed by atoms with Gasteiger partial charge in [-0.15, -0.1) is 4.91 Å². The van der Waals surface area contributed by atoms with Gasteiger partial charge in [-0.25, -0.2) is 4.98 Å². The Morgan fingerprint density at radius 1 is 1.38 bits per heavy atom. The van der Waals surface area contributed by atoms with Gasteiger partial charge in [0.15, 0.2) is 23.9 Å². The Kier molecular flexibility index (Phi) is 2.72. The molecule has 4 heteroatoms. The minimum absolute atomic E-state index is 0.0640. The van der Waals surface area contributed by atoms with Crippen molar-refractivity contribution in [1.82, 2.24) is 0 Å². The zero-order valence-corrected chi connectivity index (χ0v) is 8.69. The third kappa shape index (κ3) is 1.82. The molecule has 0 amide bonds. The number of nitrogens with zero attached hydrogens (tertiary/aromatic N) is 1. The molecule has 0 fully saturated rings. The molecule has 1 heterocycles. The third-order valence-electron chi connectivity index (χ3n) is 2.64. The quantitative estimate of drug-likeness (QED) is 0.560. The topological polar surface area (TPSA) is 60.6 Å². The molecule has 4 nitrogen and oxygen atoms in total. The van der Waals surface area contributed by atoms with Gasteiger partial charge in [0.25, 0.3) is 0 Å². The second-order valence-electron chi connectivity index (χ2n) is 3.67. The number of nitrogens with one attached hydrogen (secondary N) is 1. The van der Waals surface area contributed by atoms with E-state index in [1.165, 1.54) is 12.3 Å². The predicted octanol–water partition coefficient (Wildman–Crippen LogP) is 2.20. The van der Waals surface area contributed by atoms with Crippen molar-refractivity contribution in [2.24, 2.45) is 5.18 Å². The second kappa shape index (κ2) is 4.18. The van der Waals surface area contributed by atoms with Gasteiger partial charge in [-0.1, -0.05) is 6.58 Å². The van der Waals surface area contributed by atoms with E-state index in [4.69, 9.17) is 0 Å². The summed E-state index contributed by atoms with van der Waals surface area (Å²) in [6.07, 6.45) is 6.13. The lowest BCUT2D eigenvalue weighted by atomic mass is 9.90. The molecule has 80 valence electrons. The first-order chi connectivity index (χ1) is 7.72. The fourth-order valence-corrected chi connectivity index (χ4v) is 1.72. The molecule has 1 N–H and O–H groups in total. The molecule has 0 bridgehead atoms. The van der Waals surface area contributed by atoms with Crippen molar-refractivity contribution >= 4 is 17.0 Å². The standard InChI is InChI=1S/C12H10N2O2/c1-8-2-3-9(6-12(8)15)10-4-5-13-7-11(10)14-16/h4-7H,1-3H2/p+1. The average Bonchev–Trinajstić information content (AvgIpc) is 2.32. The number of hydrogen-bond donors (Lipinski definition) is 0. The Hall–Kier alpha value is -2.10. The predicted molar refractivity (Wildman–Crippen MR) is 59.8 cm³/mol. The van der Waals surface area contributed by atoms with Crippen LogP contribution in [0.25, 0.3) is 5.57 Å². The lowest BCUT2D eigenvalue weighted by Gasteiger charge is -2.13. The maximum absolute atomic E-state index is 11.5. The molecule has 0 unspecified atom stereocenters. The number of allylic oxidation sites excluding steroid dienone is 3. The van der Waals surface area contributed by atoms with Crippen molar-refractivity contribution < 1.29 is 9.78 Å². The van der Waals surface area contributed by atoms with Gasteiger partial charge in [-0.3, -0.25) is 4.79 Å². The normalized spacial score (nSPS) is 15.9. The molecule has 1 aromatic rings. The largest absolute Gasteiger partial charge is 0.290 e. The summed E-state index contributed by atoms with van der Waals surface area (Å²) in [5, 5.41) is 2.93. The molecule has 0 saturated carbocycles. The van der Waals surface area contributed by atoms with Crippen molar-refractivity contribution in [2.75, 3.05) is 0 Å². The van der Waals surface area contributed by atoms with Crippen LogP contribution in [-0.2, 0) is 4.79 Å². The minimum Gasteiger partial charge on any atom is -0.290 e. The molecule has 2 rings (SSSR count). The number of nitroso groups, excluding NO2 is 1. The fraction of sp³-hybridized carbons (Fsp3) is 0.167. The van der Waals surface area contributed by atoms with Gasteiger partial charge in [0.1, 0.15) is 0 Å². The summed E-state index contributed by atoms with van der Waals surface area (Å²) in [4.78, 5) is 24.9. The van der Waals surface area contributed by atoms with E-state index < -0.39 is 0 Å². The number of pyridine rings is 1. The van der Waals surface area contributed by atoms with Gasteiger partial charge in [0, 0.05) is 11.6 Å². The van der Waals surface area contributed by atoms with Gasteiger partial charge in [0.2, 0.25) is 0 Å². The van der Waals surface area contributed by atoms with Crippen molar-refractivity contribution in [1.29, 1.82) is 0 Å². The Balaban J connectivity index is 2.45. The highest BCUT2D eigenvalue weighted by atomic mass is 16.3. The number of aromatic amines is 1. The molecule has 0 saturated heterocycles. The first-order valence-corrected chi connectivity index (χ1v) is 4.99. The van der Waals surface area contributed by atoms with E-state index in [0.29, 0.717) is 17.7 Å². The summed E-state index contributed by atoms with van der Waals surface area (Å²) < 4.78 is 0. The second-order valence-corrected chi connectivity index (χ2v) is 3.67. The molecule has 1 aliphatic rings. The Morgan fingerprint density at radius 2 is 2.19 bits per heavy atom. The summed E-state index contributed by atoms with van der Waals surface area (Å²) in [5.74, 6) is -0.0640. The molecule has 0 atom stereocenters. The third-order valence-corrected chi connectivity index (χ3v) is 2.64. The van der Waals surface area contributed by atoms with Crippen LogP contribution in [0, 0.1) is 4.91 Å². The molecular formula is C12H11N2O2+. The number of rotatable bonds is 2. The van der Waals surface area contributed by atoms with Crippen molar-refractivity contribution in [2.45, 2.75) is 12.8 Å². The van der Waals surface area contributed by atoms with Crippen LogP contribution in [0.3, 0.4) is 0 Å². The van der Waals surface area contributed by atoms with E-state index in [2.05, 4.69) is 16.7 Å². The van der Waals surface area contributed by atoms with Crippen LogP contribution in [0.15, 0.2) is 41.9 Å². The highest BCUT2D eigenvalue weighted by Crippen LogP contribution is 2.31. The number of carbonyl (C=O) groups is 1. The van der Waals surface area contributed by atoms with E-state index in [0.717, 1.165) is 17.6 Å². The maximum Gasteiger partial charge on any atom is 0.197 e. The monoisotopic (exact) mass is 215 g/mol. The van der Waals surface area contributed by atoms with Gasteiger partial charge < -0.3 is 0 Å². The summed E-state index contributed by atoms with van der Waals surface area (Å²) in [6.45, 7) is 3.68. The van der Waals surface area contributed by atoms with Gasteiger partial charge in [-0.2, -0.15) is 0 Å². The molecule has 1 aliphatic carbocycles. The lowest BCUT2D eigenvalue weighted by molar-refractivity contribution is -0.377. The van der Waals surface area contributed by atoms with Crippen molar-refractivity contribution in [3.8, 4) is 0 Å². The number of carbonyl (C=O) groups excluding carboxylic acids is 1. The first kappa shape index (κ1) is 10.4. The van der Waals surface area contributed by atoms with Gasteiger partial charge in [0.05, 0.1) is 0 Å². The van der Waals surface area contributed by atoms with E-state index >= 15 is 0 Å². The van der Waals surface area contributed by atoms with Crippen molar-refractivity contribution in [3.05, 3.63) is 47.2 Å². The molecule has 16 heavy (non-hydrogen) atoms. The molecule has 0 spiro atoms. The number of aromatic nitrogens is 1.